The summed E-state index contributed by atoms with van der Waals surface area (Å²) in [5.41, 5.74) is 2.78. The fourth-order valence-electron chi connectivity index (χ4n) is 2.87. The van der Waals surface area contributed by atoms with Gasteiger partial charge in [-0.15, -0.1) is 0 Å². The molecule has 1 aromatic heterocycles. The predicted molar refractivity (Wildman–Crippen MR) is 56.0 cm³/mol. The maximum atomic E-state index is 4.54. The Morgan fingerprint density at radius 1 is 1.36 bits per heavy atom. The minimum atomic E-state index is 0.550. The molecule has 2 aliphatic rings. The van der Waals surface area contributed by atoms with Crippen molar-refractivity contribution >= 4 is 0 Å². The molecule has 74 valence electrons. The topological polar surface area (TPSA) is 24.9 Å². The second-order valence-electron chi connectivity index (χ2n) is 4.42. The van der Waals surface area contributed by atoms with Crippen LogP contribution in [-0.4, -0.2) is 11.5 Å². The summed E-state index contributed by atoms with van der Waals surface area (Å²) >= 11 is 0. The van der Waals surface area contributed by atoms with E-state index in [9.17, 15) is 0 Å². The molecular weight excluding hydrogens is 172 g/mol. The summed E-state index contributed by atoms with van der Waals surface area (Å²) in [6.45, 7) is 1.16. The molecule has 14 heavy (non-hydrogen) atoms. The molecule has 3 rings (SSSR count). The van der Waals surface area contributed by atoms with Gasteiger partial charge in [0.05, 0.1) is 11.7 Å². The van der Waals surface area contributed by atoms with E-state index in [4.69, 9.17) is 0 Å². The minimum Gasteiger partial charge on any atom is -0.308 e. The zero-order chi connectivity index (χ0) is 9.38. The third-order valence-corrected chi connectivity index (χ3v) is 3.59. The quantitative estimate of drug-likeness (QED) is 0.674. The molecule has 2 atom stereocenters. The molecule has 1 N–H and O–H groups in total. The maximum Gasteiger partial charge on any atom is 0.0607 e. The van der Waals surface area contributed by atoms with Crippen molar-refractivity contribution in [1.29, 1.82) is 0 Å². The van der Waals surface area contributed by atoms with E-state index < -0.39 is 0 Å². The standard InChI is InChI=1S/C12H16N2/c1-3-9-5-6-10-4-2-8-14-12(10)11(9)13-7-1/h1,3,7,10,12,14H,2,4-6,8H2/t10-,12+/m0/s1. The van der Waals surface area contributed by atoms with Gasteiger partial charge in [-0.2, -0.15) is 0 Å². The zero-order valence-corrected chi connectivity index (χ0v) is 8.37. The average molecular weight is 188 g/mol. The van der Waals surface area contributed by atoms with Crippen LogP contribution in [0.2, 0.25) is 0 Å². The van der Waals surface area contributed by atoms with Gasteiger partial charge < -0.3 is 5.32 Å². The molecule has 0 saturated carbocycles. The lowest BCUT2D eigenvalue weighted by atomic mass is 9.78. The molecule has 0 radical (unpaired) electrons. The summed E-state index contributed by atoms with van der Waals surface area (Å²) in [5, 5.41) is 3.61. The highest BCUT2D eigenvalue weighted by atomic mass is 15.0. The maximum absolute atomic E-state index is 4.54. The Balaban J connectivity index is 1.99. The third-order valence-electron chi connectivity index (χ3n) is 3.59. The van der Waals surface area contributed by atoms with Crippen LogP contribution in [0.1, 0.15) is 36.6 Å². The van der Waals surface area contributed by atoms with Gasteiger partial charge >= 0.3 is 0 Å². The zero-order valence-electron chi connectivity index (χ0n) is 8.37. The summed E-state index contributed by atoms with van der Waals surface area (Å²) in [6.07, 6.45) is 7.22. The first-order chi connectivity index (χ1) is 6.95. The lowest BCUT2D eigenvalue weighted by Crippen LogP contribution is -2.37. The SMILES string of the molecule is c1cnc2c(c1)CC[C@@H]1CCCN[C@@H]21. The second-order valence-corrected chi connectivity index (χ2v) is 4.42. The highest BCUT2D eigenvalue weighted by molar-refractivity contribution is 5.26. The number of nitrogens with one attached hydrogen (secondary N) is 1. The molecular formula is C12H16N2. The van der Waals surface area contributed by atoms with Crippen LogP contribution in [0.25, 0.3) is 0 Å². The van der Waals surface area contributed by atoms with Crippen LogP contribution in [0.15, 0.2) is 18.3 Å². The molecule has 0 spiro atoms. The van der Waals surface area contributed by atoms with Gasteiger partial charge in [0.15, 0.2) is 0 Å². The minimum absolute atomic E-state index is 0.550. The third kappa shape index (κ3) is 1.25. The van der Waals surface area contributed by atoms with Crippen molar-refractivity contribution in [3.8, 4) is 0 Å². The van der Waals surface area contributed by atoms with E-state index >= 15 is 0 Å². The fraction of sp³-hybridized carbons (Fsp3) is 0.583. The Labute approximate surface area is 84.7 Å². The van der Waals surface area contributed by atoms with E-state index in [1.807, 2.05) is 6.20 Å². The van der Waals surface area contributed by atoms with Crippen molar-refractivity contribution in [1.82, 2.24) is 10.3 Å². The number of aryl methyl sites for hydroxylation is 1. The molecule has 2 nitrogen and oxygen atoms in total. The van der Waals surface area contributed by atoms with Gasteiger partial charge in [-0.05, 0) is 49.8 Å². The van der Waals surface area contributed by atoms with Gasteiger partial charge in [-0.1, -0.05) is 6.07 Å². The molecule has 0 amide bonds. The van der Waals surface area contributed by atoms with Crippen molar-refractivity contribution in [3.05, 3.63) is 29.6 Å². The summed E-state index contributed by atoms with van der Waals surface area (Å²) in [6, 6.07) is 4.84. The van der Waals surface area contributed by atoms with E-state index in [2.05, 4.69) is 22.4 Å². The number of rotatable bonds is 0. The average Bonchev–Trinajstić information content (AvgIpc) is 2.29. The van der Waals surface area contributed by atoms with Gasteiger partial charge in [0.25, 0.3) is 0 Å². The summed E-state index contributed by atoms with van der Waals surface area (Å²) in [4.78, 5) is 4.54. The Morgan fingerprint density at radius 2 is 2.36 bits per heavy atom. The predicted octanol–water partition coefficient (Wildman–Crippen LogP) is 2.07. The van der Waals surface area contributed by atoms with Crippen LogP contribution >= 0.6 is 0 Å². The number of hydrogen-bond donors (Lipinski definition) is 1. The summed E-state index contributed by atoms with van der Waals surface area (Å²) in [5.74, 6) is 0.839. The largest absolute Gasteiger partial charge is 0.308 e. The molecule has 1 aliphatic heterocycles. The monoisotopic (exact) mass is 188 g/mol. The Kier molecular flexibility index (Phi) is 2.02. The molecule has 1 aromatic rings. The molecule has 1 aliphatic carbocycles. The van der Waals surface area contributed by atoms with E-state index in [0.29, 0.717) is 6.04 Å². The molecule has 2 heteroatoms. The normalized spacial score (nSPS) is 30.6. The second kappa shape index (κ2) is 3.35. The molecule has 1 saturated heterocycles. The summed E-state index contributed by atoms with van der Waals surface area (Å²) < 4.78 is 0. The molecule has 0 bridgehead atoms. The first-order valence-electron chi connectivity index (χ1n) is 5.62. The van der Waals surface area contributed by atoms with Crippen LogP contribution in [0.4, 0.5) is 0 Å². The van der Waals surface area contributed by atoms with E-state index in [1.165, 1.54) is 36.9 Å². The fourth-order valence-corrected chi connectivity index (χ4v) is 2.87. The smallest absolute Gasteiger partial charge is 0.0607 e. The van der Waals surface area contributed by atoms with Crippen LogP contribution in [0.3, 0.4) is 0 Å². The first kappa shape index (κ1) is 8.42. The number of piperidine rings is 1. The molecule has 1 fully saturated rings. The van der Waals surface area contributed by atoms with Crippen molar-refractivity contribution in [2.45, 2.75) is 31.7 Å². The molecule has 2 heterocycles. The number of fused-ring (bicyclic) bond motifs is 3. The number of nitrogens with zero attached hydrogens (tertiary/aromatic N) is 1. The molecule has 0 aromatic carbocycles. The van der Waals surface area contributed by atoms with E-state index in [0.717, 1.165) is 12.5 Å². The van der Waals surface area contributed by atoms with Gasteiger partial charge in [-0.25, -0.2) is 0 Å². The van der Waals surface area contributed by atoms with Crippen molar-refractivity contribution < 1.29 is 0 Å². The Hall–Kier alpha value is -0.890. The lowest BCUT2D eigenvalue weighted by Gasteiger charge is -2.36. The number of aromatic nitrogens is 1. The van der Waals surface area contributed by atoms with Crippen LogP contribution < -0.4 is 5.32 Å². The van der Waals surface area contributed by atoms with Crippen LogP contribution in [0, 0.1) is 5.92 Å². The van der Waals surface area contributed by atoms with Gasteiger partial charge in [-0.3, -0.25) is 4.98 Å². The van der Waals surface area contributed by atoms with Gasteiger partial charge in [0, 0.05) is 6.20 Å². The Bertz CT molecular complexity index is 335. The first-order valence-corrected chi connectivity index (χ1v) is 5.62. The summed E-state index contributed by atoms with van der Waals surface area (Å²) in [7, 11) is 0. The highest BCUT2D eigenvalue weighted by Crippen LogP contribution is 2.37. The number of pyridine rings is 1. The lowest BCUT2D eigenvalue weighted by molar-refractivity contribution is 0.249. The molecule has 0 unspecified atom stereocenters. The van der Waals surface area contributed by atoms with Crippen molar-refractivity contribution in [2.24, 2.45) is 5.92 Å². The van der Waals surface area contributed by atoms with Crippen molar-refractivity contribution in [3.63, 3.8) is 0 Å². The van der Waals surface area contributed by atoms with Crippen LogP contribution in [0.5, 0.6) is 0 Å². The highest BCUT2D eigenvalue weighted by Gasteiger charge is 2.31. The van der Waals surface area contributed by atoms with E-state index in [-0.39, 0.29) is 0 Å². The van der Waals surface area contributed by atoms with Gasteiger partial charge in [0.1, 0.15) is 0 Å². The van der Waals surface area contributed by atoms with Crippen molar-refractivity contribution in [2.75, 3.05) is 6.54 Å². The number of hydrogen-bond acceptors (Lipinski definition) is 2. The van der Waals surface area contributed by atoms with Crippen LogP contribution in [-0.2, 0) is 6.42 Å². The van der Waals surface area contributed by atoms with E-state index in [1.54, 1.807) is 0 Å². The Morgan fingerprint density at radius 3 is 3.36 bits per heavy atom. The van der Waals surface area contributed by atoms with Gasteiger partial charge in [0.2, 0.25) is 0 Å².